The first-order valence-electron chi connectivity index (χ1n) is 6.37. The molecule has 2 unspecified atom stereocenters. The molecule has 1 fully saturated rings. The van der Waals surface area contributed by atoms with E-state index in [1.807, 2.05) is 20.8 Å². The Morgan fingerprint density at radius 1 is 1.12 bits per heavy atom. The first-order chi connectivity index (χ1) is 7.38. The van der Waals surface area contributed by atoms with Crippen LogP contribution in [0.3, 0.4) is 0 Å². The van der Waals surface area contributed by atoms with Crippen molar-refractivity contribution in [3.63, 3.8) is 0 Å². The van der Waals surface area contributed by atoms with E-state index in [0.29, 0.717) is 0 Å². The summed E-state index contributed by atoms with van der Waals surface area (Å²) in [6.07, 6.45) is 6.13. The molecular weight excluding hydrogens is 202 g/mol. The predicted molar refractivity (Wildman–Crippen MR) is 65.0 cm³/mol. The van der Waals surface area contributed by atoms with Crippen LogP contribution in [-0.2, 0) is 9.53 Å². The SMILES string of the molecule is CC(C)(C)OC(=O)C1CCCCC(N)CC1. The highest BCUT2D eigenvalue weighted by Gasteiger charge is 2.26. The third kappa shape index (κ3) is 4.97. The zero-order chi connectivity index (χ0) is 12.2. The smallest absolute Gasteiger partial charge is 0.309 e. The summed E-state index contributed by atoms with van der Waals surface area (Å²) in [5.41, 5.74) is 5.57. The van der Waals surface area contributed by atoms with Gasteiger partial charge in [-0.3, -0.25) is 4.79 Å². The Labute approximate surface area is 98.7 Å². The molecule has 3 heteroatoms. The molecule has 3 nitrogen and oxygen atoms in total. The van der Waals surface area contributed by atoms with Crippen LogP contribution in [0.5, 0.6) is 0 Å². The minimum atomic E-state index is -0.373. The van der Waals surface area contributed by atoms with Crippen molar-refractivity contribution >= 4 is 5.97 Å². The van der Waals surface area contributed by atoms with Gasteiger partial charge in [-0.2, -0.15) is 0 Å². The second-order valence-electron chi connectivity index (χ2n) is 5.85. The quantitative estimate of drug-likeness (QED) is 0.701. The fourth-order valence-corrected chi connectivity index (χ4v) is 2.12. The van der Waals surface area contributed by atoms with E-state index in [2.05, 4.69) is 0 Å². The van der Waals surface area contributed by atoms with Crippen molar-refractivity contribution in [2.75, 3.05) is 0 Å². The molecule has 1 saturated carbocycles. The highest BCUT2D eigenvalue weighted by atomic mass is 16.6. The Kier molecular flexibility index (Phi) is 4.78. The van der Waals surface area contributed by atoms with E-state index in [1.54, 1.807) is 0 Å². The molecule has 0 radical (unpaired) electrons. The maximum atomic E-state index is 11.9. The summed E-state index contributed by atoms with van der Waals surface area (Å²) in [7, 11) is 0. The van der Waals surface area contributed by atoms with Gasteiger partial charge in [0.05, 0.1) is 5.92 Å². The molecule has 0 saturated heterocycles. The molecule has 0 aromatic rings. The van der Waals surface area contributed by atoms with Crippen molar-refractivity contribution < 1.29 is 9.53 Å². The topological polar surface area (TPSA) is 52.3 Å². The Balaban J connectivity index is 2.47. The van der Waals surface area contributed by atoms with Gasteiger partial charge in [-0.05, 0) is 46.5 Å². The second-order valence-corrected chi connectivity index (χ2v) is 5.85. The van der Waals surface area contributed by atoms with Gasteiger partial charge in [-0.15, -0.1) is 0 Å². The third-order valence-corrected chi connectivity index (χ3v) is 3.00. The number of hydrogen-bond donors (Lipinski definition) is 1. The molecule has 0 aliphatic heterocycles. The van der Waals surface area contributed by atoms with E-state index in [4.69, 9.17) is 10.5 Å². The fourth-order valence-electron chi connectivity index (χ4n) is 2.12. The summed E-state index contributed by atoms with van der Waals surface area (Å²) in [5, 5.41) is 0. The van der Waals surface area contributed by atoms with E-state index in [1.165, 1.54) is 0 Å². The van der Waals surface area contributed by atoms with Crippen LogP contribution in [0, 0.1) is 5.92 Å². The second kappa shape index (κ2) is 5.67. The predicted octanol–water partition coefficient (Wildman–Crippen LogP) is 2.63. The summed E-state index contributed by atoms with van der Waals surface area (Å²) >= 11 is 0. The Morgan fingerprint density at radius 2 is 1.75 bits per heavy atom. The average Bonchev–Trinajstić information content (AvgIpc) is 2.08. The molecular formula is C13H25NO2. The third-order valence-electron chi connectivity index (χ3n) is 3.00. The van der Waals surface area contributed by atoms with E-state index >= 15 is 0 Å². The van der Waals surface area contributed by atoms with Crippen LogP contribution < -0.4 is 5.73 Å². The van der Waals surface area contributed by atoms with Gasteiger partial charge in [0.2, 0.25) is 0 Å². The molecule has 1 aliphatic carbocycles. The lowest BCUT2D eigenvalue weighted by Gasteiger charge is -2.26. The number of rotatable bonds is 1. The van der Waals surface area contributed by atoms with Gasteiger partial charge in [0.1, 0.15) is 5.60 Å². The molecule has 2 N–H and O–H groups in total. The van der Waals surface area contributed by atoms with Gasteiger partial charge in [-0.25, -0.2) is 0 Å². The zero-order valence-corrected chi connectivity index (χ0v) is 10.8. The molecule has 0 aromatic heterocycles. The van der Waals surface area contributed by atoms with Gasteiger partial charge in [-0.1, -0.05) is 12.8 Å². The van der Waals surface area contributed by atoms with E-state index < -0.39 is 0 Å². The van der Waals surface area contributed by atoms with Crippen LogP contribution in [0.4, 0.5) is 0 Å². The van der Waals surface area contributed by atoms with Crippen molar-refractivity contribution in [2.24, 2.45) is 11.7 Å². The van der Waals surface area contributed by atoms with E-state index in [9.17, 15) is 4.79 Å². The zero-order valence-electron chi connectivity index (χ0n) is 10.8. The highest BCUT2D eigenvalue weighted by molar-refractivity contribution is 5.72. The number of ether oxygens (including phenoxy) is 1. The number of esters is 1. The normalized spacial score (nSPS) is 28.0. The number of nitrogens with two attached hydrogens (primary N) is 1. The molecule has 0 spiro atoms. The summed E-state index contributed by atoms with van der Waals surface area (Å²) in [6.45, 7) is 5.75. The lowest BCUT2D eigenvalue weighted by Crippen LogP contribution is -2.31. The first kappa shape index (κ1) is 13.5. The fraction of sp³-hybridized carbons (Fsp3) is 0.923. The molecule has 0 aromatic carbocycles. The highest BCUT2D eigenvalue weighted by Crippen LogP contribution is 2.24. The summed E-state index contributed by atoms with van der Waals surface area (Å²) in [4.78, 5) is 11.9. The molecule has 1 aliphatic rings. The average molecular weight is 227 g/mol. The summed E-state index contributed by atoms with van der Waals surface area (Å²) < 4.78 is 5.43. The van der Waals surface area contributed by atoms with Crippen LogP contribution in [0.25, 0.3) is 0 Å². The van der Waals surface area contributed by atoms with Crippen LogP contribution in [-0.4, -0.2) is 17.6 Å². The number of carbonyl (C=O) groups excluding carboxylic acids is 1. The van der Waals surface area contributed by atoms with Crippen LogP contribution in [0.2, 0.25) is 0 Å². The first-order valence-corrected chi connectivity index (χ1v) is 6.37. The van der Waals surface area contributed by atoms with Crippen molar-refractivity contribution in [1.29, 1.82) is 0 Å². The molecule has 2 atom stereocenters. The monoisotopic (exact) mass is 227 g/mol. The molecule has 1 rings (SSSR count). The minimum absolute atomic E-state index is 0.0402. The van der Waals surface area contributed by atoms with Gasteiger partial charge < -0.3 is 10.5 Å². The number of carbonyl (C=O) groups is 1. The van der Waals surface area contributed by atoms with Crippen LogP contribution in [0.15, 0.2) is 0 Å². The number of hydrogen-bond acceptors (Lipinski definition) is 3. The van der Waals surface area contributed by atoms with Crippen molar-refractivity contribution in [3.05, 3.63) is 0 Å². The molecule has 0 amide bonds. The summed E-state index contributed by atoms with van der Waals surface area (Å²) in [6, 6.07) is 0.269. The van der Waals surface area contributed by atoms with E-state index in [-0.39, 0.29) is 23.5 Å². The Hall–Kier alpha value is -0.570. The Bertz CT molecular complexity index is 233. The summed E-state index contributed by atoms with van der Waals surface area (Å²) in [5.74, 6) is 0.0205. The maximum Gasteiger partial charge on any atom is 0.309 e. The van der Waals surface area contributed by atoms with Crippen LogP contribution >= 0.6 is 0 Å². The molecule has 94 valence electrons. The van der Waals surface area contributed by atoms with Crippen molar-refractivity contribution in [3.8, 4) is 0 Å². The van der Waals surface area contributed by atoms with Gasteiger partial charge >= 0.3 is 5.97 Å². The van der Waals surface area contributed by atoms with Gasteiger partial charge in [0, 0.05) is 6.04 Å². The lowest BCUT2D eigenvalue weighted by atomic mass is 9.89. The minimum Gasteiger partial charge on any atom is -0.460 e. The van der Waals surface area contributed by atoms with Crippen molar-refractivity contribution in [1.82, 2.24) is 0 Å². The Morgan fingerprint density at radius 3 is 2.38 bits per heavy atom. The van der Waals surface area contributed by atoms with Crippen molar-refractivity contribution in [2.45, 2.75) is 70.9 Å². The maximum absolute atomic E-state index is 11.9. The largest absolute Gasteiger partial charge is 0.460 e. The van der Waals surface area contributed by atoms with Gasteiger partial charge in [0.15, 0.2) is 0 Å². The molecule has 0 bridgehead atoms. The molecule has 16 heavy (non-hydrogen) atoms. The molecule has 0 heterocycles. The lowest BCUT2D eigenvalue weighted by molar-refractivity contribution is -0.160. The van der Waals surface area contributed by atoms with Crippen LogP contribution in [0.1, 0.15) is 59.3 Å². The standard InChI is InChI=1S/C13H25NO2/c1-13(2,3)16-12(15)10-6-4-5-7-11(14)9-8-10/h10-11H,4-9,14H2,1-3H3. The van der Waals surface area contributed by atoms with E-state index in [0.717, 1.165) is 38.5 Å². The van der Waals surface area contributed by atoms with Gasteiger partial charge in [0.25, 0.3) is 0 Å².